The molecule has 2 N–H and O–H groups in total. The molecule has 4 rings (SSSR count). The summed E-state index contributed by atoms with van der Waals surface area (Å²) in [4.78, 5) is 41.8. The number of fused-ring (bicyclic) bond motifs is 1. The summed E-state index contributed by atoms with van der Waals surface area (Å²) in [6, 6.07) is 17.6. The van der Waals surface area contributed by atoms with Crippen LogP contribution < -0.4 is 5.32 Å². The number of aliphatic imine (C=N–C) groups is 1. The Kier molecular flexibility index (Phi) is 7.66. The Hall–Kier alpha value is -3.76. The molecule has 10 nitrogen and oxygen atoms in total. The van der Waals surface area contributed by atoms with Crippen LogP contribution >= 0.6 is 0 Å². The Morgan fingerprint density at radius 3 is 2.33 bits per heavy atom. The van der Waals surface area contributed by atoms with Crippen molar-refractivity contribution in [3.63, 3.8) is 0 Å². The number of carbonyl (C=O) groups is 3. The molecule has 2 fully saturated rings. The molecule has 2 amide bonds. The van der Waals surface area contributed by atoms with Crippen molar-refractivity contribution in [3.05, 3.63) is 71.8 Å². The van der Waals surface area contributed by atoms with E-state index in [1.807, 2.05) is 48.5 Å². The van der Waals surface area contributed by atoms with Crippen LogP contribution in [0.1, 0.15) is 37.3 Å². The Morgan fingerprint density at radius 2 is 1.72 bits per heavy atom. The fourth-order valence-electron chi connectivity index (χ4n) is 5.00. The molecule has 190 valence electrons. The van der Waals surface area contributed by atoms with Gasteiger partial charge in [0, 0.05) is 19.4 Å². The van der Waals surface area contributed by atoms with Crippen molar-refractivity contribution in [2.24, 2.45) is 10.9 Å². The summed E-state index contributed by atoms with van der Waals surface area (Å²) in [5, 5.41) is 17.4. The molecule has 1 aliphatic carbocycles. The summed E-state index contributed by atoms with van der Waals surface area (Å²) in [6.45, 7) is 1.47. The first-order valence-electron chi connectivity index (χ1n) is 11.8. The van der Waals surface area contributed by atoms with Crippen LogP contribution in [0.15, 0.2) is 65.7 Å². The van der Waals surface area contributed by atoms with Crippen LogP contribution in [0.2, 0.25) is 0 Å². The molecule has 10 heteroatoms. The first kappa shape index (κ1) is 25.3. The monoisotopic (exact) mass is 494 g/mol. The molecule has 1 aliphatic heterocycles. The van der Waals surface area contributed by atoms with E-state index in [2.05, 4.69) is 10.3 Å². The summed E-state index contributed by atoms with van der Waals surface area (Å²) in [5.74, 6) is -1.75. The Balaban J connectivity index is 1.71. The van der Waals surface area contributed by atoms with Crippen LogP contribution in [0.3, 0.4) is 0 Å². The van der Waals surface area contributed by atoms with Crippen molar-refractivity contribution >= 4 is 23.9 Å². The van der Waals surface area contributed by atoms with Crippen LogP contribution in [0, 0.1) is 5.92 Å². The smallest absolute Gasteiger partial charge is 0.437 e. The number of carbonyl (C=O) groups excluding carboxylic acids is 3. The number of esters is 1. The number of amides is 2. The first-order valence-corrected chi connectivity index (χ1v) is 11.8. The molecule has 1 saturated carbocycles. The molecular weight excluding hydrogens is 464 g/mol. The Morgan fingerprint density at radius 1 is 1.08 bits per heavy atom. The van der Waals surface area contributed by atoms with Crippen LogP contribution in [0.25, 0.3) is 0 Å². The highest BCUT2D eigenvalue weighted by molar-refractivity contribution is 6.00. The van der Waals surface area contributed by atoms with Crippen molar-refractivity contribution in [3.8, 4) is 0 Å². The Labute approximate surface area is 209 Å². The minimum atomic E-state index is -1.56. The van der Waals surface area contributed by atoms with Gasteiger partial charge in [0.2, 0.25) is 11.9 Å². The zero-order chi connectivity index (χ0) is 25.7. The van der Waals surface area contributed by atoms with Gasteiger partial charge < -0.3 is 14.6 Å². The third-order valence-corrected chi connectivity index (χ3v) is 6.50. The van der Waals surface area contributed by atoms with Gasteiger partial charge >= 0.3 is 12.1 Å². The number of benzene rings is 2. The number of rotatable bonds is 5. The molecule has 0 aromatic heterocycles. The van der Waals surface area contributed by atoms with Gasteiger partial charge in [-0.3, -0.25) is 14.9 Å². The molecule has 1 saturated heterocycles. The highest BCUT2D eigenvalue weighted by Gasteiger charge is 2.63. The van der Waals surface area contributed by atoms with E-state index >= 15 is 0 Å². The lowest BCUT2D eigenvalue weighted by Gasteiger charge is -2.39. The van der Waals surface area contributed by atoms with E-state index in [-0.39, 0.29) is 19.1 Å². The van der Waals surface area contributed by atoms with E-state index in [0.717, 1.165) is 11.1 Å². The fourth-order valence-corrected chi connectivity index (χ4v) is 5.00. The van der Waals surface area contributed by atoms with E-state index in [1.165, 1.54) is 19.0 Å². The van der Waals surface area contributed by atoms with E-state index in [4.69, 9.17) is 9.47 Å². The lowest BCUT2D eigenvalue weighted by Crippen LogP contribution is -2.59. The molecule has 2 aliphatic rings. The van der Waals surface area contributed by atoms with Gasteiger partial charge in [-0.05, 0) is 30.4 Å². The maximum atomic E-state index is 13.0. The second kappa shape index (κ2) is 10.9. The fraction of sp³-hybridized carbons (Fsp3) is 0.385. The van der Waals surface area contributed by atoms with Gasteiger partial charge in [-0.15, -0.1) is 4.99 Å². The van der Waals surface area contributed by atoms with Gasteiger partial charge in [0.15, 0.2) is 5.72 Å². The van der Waals surface area contributed by atoms with Gasteiger partial charge in [0.1, 0.15) is 12.6 Å². The molecule has 36 heavy (non-hydrogen) atoms. The van der Waals surface area contributed by atoms with Crippen LogP contribution in [0.5, 0.6) is 0 Å². The predicted octanol–water partition coefficient (Wildman–Crippen LogP) is 2.58. The summed E-state index contributed by atoms with van der Waals surface area (Å²) >= 11 is 0. The largest absolute Gasteiger partial charge is 0.468 e. The van der Waals surface area contributed by atoms with E-state index in [0.29, 0.717) is 19.3 Å². The first-order chi connectivity index (χ1) is 17.3. The highest BCUT2D eigenvalue weighted by atomic mass is 16.5. The molecular formula is C26H30N4O6. The number of nitrogens with one attached hydrogen (secondary N) is 1. The highest BCUT2D eigenvalue weighted by Crippen LogP contribution is 2.49. The normalized spacial score (nSPS) is 23.8. The number of hydrazine groups is 1. The number of methoxy groups -OCH3 is 1. The van der Waals surface area contributed by atoms with Gasteiger partial charge in [0.05, 0.1) is 7.11 Å². The molecule has 0 radical (unpaired) electrons. The topological polar surface area (TPSA) is 121 Å². The standard InChI is InChI=1S/C26H30N4O6/c1-18(31)27-24(28-25(33)36-17-20-12-7-4-8-13-20)30-26(34)15-9-14-21(26)22(23(32)35-2)29(30)16-19-10-5-3-6-11-19/h3-8,10-13,21-22,34H,9,14-17H2,1-2H3,(H,27,28,31,33)/t21-,22?,26+/m1/s1. The summed E-state index contributed by atoms with van der Waals surface area (Å²) in [6.07, 6.45) is 0.579. The third kappa shape index (κ3) is 5.24. The van der Waals surface area contributed by atoms with E-state index < -0.39 is 35.7 Å². The second-order valence-corrected chi connectivity index (χ2v) is 8.90. The predicted molar refractivity (Wildman–Crippen MR) is 130 cm³/mol. The number of hydrogen-bond donors (Lipinski definition) is 2. The second-order valence-electron chi connectivity index (χ2n) is 8.90. The molecule has 1 unspecified atom stereocenters. The Bertz CT molecular complexity index is 1130. The molecule has 2 aromatic carbocycles. The van der Waals surface area contributed by atoms with Gasteiger partial charge in [0.25, 0.3) is 0 Å². The SMILES string of the molecule is COC(=O)C1[C@H]2CCC[C@@]2(O)N(/C(=N\C(=O)OCc2ccccc2)NC(C)=O)N1Cc1ccccc1. The number of guanidine groups is 1. The number of nitrogens with zero attached hydrogens (tertiary/aromatic N) is 3. The van der Waals surface area contributed by atoms with Crippen molar-refractivity contribution in [1.82, 2.24) is 15.3 Å². The van der Waals surface area contributed by atoms with Gasteiger partial charge in [-0.2, -0.15) is 5.01 Å². The number of hydrogen-bond acceptors (Lipinski definition) is 7. The van der Waals surface area contributed by atoms with Crippen molar-refractivity contribution in [1.29, 1.82) is 0 Å². The van der Waals surface area contributed by atoms with Crippen molar-refractivity contribution in [2.45, 2.75) is 51.1 Å². The summed E-state index contributed by atoms with van der Waals surface area (Å²) < 4.78 is 10.4. The van der Waals surface area contributed by atoms with E-state index in [9.17, 15) is 19.5 Å². The van der Waals surface area contributed by atoms with Crippen LogP contribution in [0.4, 0.5) is 4.79 Å². The van der Waals surface area contributed by atoms with Gasteiger partial charge in [-0.25, -0.2) is 9.80 Å². The van der Waals surface area contributed by atoms with Crippen molar-refractivity contribution in [2.75, 3.05) is 7.11 Å². The zero-order valence-corrected chi connectivity index (χ0v) is 20.3. The molecule has 0 spiro atoms. The maximum Gasteiger partial charge on any atom is 0.437 e. The zero-order valence-electron chi connectivity index (χ0n) is 20.3. The summed E-state index contributed by atoms with van der Waals surface area (Å²) in [7, 11) is 1.30. The lowest BCUT2D eigenvalue weighted by atomic mass is 9.93. The number of aliphatic hydroxyl groups is 1. The maximum absolute atomic E-state index is 13.0. The van der Waals surface area contributed by atoms with Crippen LogP contribution in [-0.2, 0) is 32.2 Å². The quantitative estimate of drug-likeness (QED) is 0.370. The molecule has 1 heterocycles. The van der Waals surface area contributed by atoms with E-state index in [1.54, 1.807) is 17.1 Å². The lowest BCUT2D eigenvalue weighted by molar-refractivity contribution is -0.153. The van der Waals surface area contributed by atoms with Gasteiger partial charge in [-0.1, -0.05) is 60.7 Å². The molecule has 3 atom stereocenters. The molecule has 2 aromatic rings. The minimum Gasteiger partial charge on any atom is -0.468 e. The average Bonchev–Trinajstić information content (AvgIpc) is 3.35. The number of ether oxygens (including phenoxy) is 2. The summed E-state index contributed by atoms with van der Waals surface area (Å²) in [5.41, 5.74) is 0.0669. The minimum absolute atomic E-state index is 0.0120. The molecule has 0 bridgehead atoms. The van der Waals surface area contributed by atoms with Crippen LogP contribution in [-0.4, -0.2) is 57.9 Å². The average molecular weight is 495 g/mol. The van der Waals surface area contributed by atoms with Crippen molar-refractivity contribution < 1.29 is 29.0 Å². The third-order valence-electron chi connectivity index (χ3n) is 6.50.